The van der Waals surface area contributed by atoms with Gasteiger partial charge in [-0.2, -0.15) is 0 Å². The molecule has 272 valence electrons. The van der Waals surface area contributed by atoms with Gasteiger partial charge in [-0.1, -0.05) is 54.6 Å². The van der Waals surface area contributed by atoms with E-state index in [4.69, 9.17) is 26.2 Å². The predicted molar refractivity (Wildman–Crippen MR) is 176 cm³/mol. The van der Waals surface area contributed by atoms with Crippen molar-refractivity contribution >= 4 is 41.6 Å². The summed E-state index contributed by atoms with van der Waals surface area (Å²) in [6.45, 7) is -2.44. The third-order valence-corrected chi connectivity index (χ3v) is 7.11. The van der Waals surface area contributed by atoms with Crippen molar-refractivity contribution in [1.82, 2.24) is 30.9 Å². The first-order chi connectivity index (χ1) is 23.7. The molecule has 0 aliphatic carbocycles. The molecular formula is C32H43N7O11. The van der Waals surface area contributed by atoms with E-state index in [-0.39, 0.29) is 45.7 Å². The lowest BCUT2D eigenvalue weighted by Gasteiger charge is -2.28. The smallest absolute Gasteiger partial charge is 0.317 e. The van der Waals surface area contributed by atoms with Crippen molar-refractivity contribution in [2.24, 2.45) is 5.73 Å². The average molecular weight is 702 g/mol. The molecule has 3 amide bonds. The SMILES string of the molecule is NC(Cc1ccccc1)C(=O)NNC(=O)Cc1ccc(CNC(=O)CN(CCN(CC(=O)O)CC(=O)O)CCN(CC(=O)O)CC(=O)O)cc1. The fourth-order valence-corrected chi connectivity index (χ4v) is 4.68. The van der Waals surface area contributed by atoms with Crippen LogP contribution in [-0.2, 0) is 52.9 Å². The second-order valence-electron chi connectivity index (χ2n) is 11.4. The Bertz CT molecular complexity index is 1390. The number of hydrogen-bond donors (Lipinski definition) is 8. The van der Waals surface area contributed by atoms with Crippen LogP contribution in [0.4, 0.5) is 0 Å². The fourth-order valence-electron chi connectivity index (χ4n) is 4.68. The maximum absolute atomic E-state index is 12.9. The van der Waals surface area contributed by atoms with Gasteiger partial charge >= 0.3 is 23.9 Å². The van der Waals surface area contributed by atoms with Gasteiger partial charge in [-0.15, -0.1) is 0 Å². The molecule has 0 heterocycles. The number of nitrogens with one attached hydrogen (secondary N) is 3. The minimum atomic E-state index is -1.25. The maximum Gasteiger partial charge on any atom is 0.317 e. The molecule has 18 nitrogen and oxygen atoms in total. The average Bonchev–Trinajstić information content (AvgIpc) is 3.03. The van der Waals surface area contributed by atoms with Crippen LogP contribution in [0.5, 0.6) is 0 Å². The van der Waals surface area contributed by atoms with Gasteiger partial charge in [-0.25, -0.2) is 0 Å². The molecule has 0 bridgehead atoms. The number of carbonyl (C=O) groups is 7. The summed E-state index contributed by atoms with van der Waals surface area (Å²) in [5.41, 5.74) is 12.8. The van der Waals surface area contributed by atoms with E-state index < -0.39 is 73.8 Å². The van der Waals surface area contributed by atoms with Gasteiger partial charge in [0.25, 0.3) is 5.91 Å². The summed E-state index contributed by atoms with van der Waals surface area (Å²) in [6, 6.07) is 15.1. The third kappa shape index (κ3) is 17.6. The zero-order valence-corrected chi connectivity index (χ0v) is 27.3. The molecule has 0 radical (unpaired) electrons. The second-order valence-corrected chi connectivity index (χ2v) is 11.4. The quantitative estimate of drug-likeness (QED) is 0.0572. The third-order valence-electron chi connectivity index (χ3n) is 7.11. The molecular weight excluding hydrogens is 658 g/mol. The number of hydrazine groups is 1. The van der Waals surface area contributed by atoms with E-state index in [0.717, 1.165) is 15.4 Å². The standard InChI is InChI=1S/C32H43N7O11/c33-25(14-22-4-2-1-3-5-22)32(50)36-35-26(40)15-23-6-8-24(9-7-23)16-34-27(41)17-37(10-12-38(18-28(42)43)19-29(44)45)11-13-39(20-30(46)47)21-31(48)49/h1-9,25H,10-21,33H2,(H,34,41)(H,35,40)(H,36,50)(H,42,43)(H,44,45)(H,46,47)(H,48,49). The Morgan fingerprint density at radius 1 is 0.560 bits per heavy atom. The number of nitrogens with zero attached hydrogens (tertiary/aromatic N) is 3. The fraction of sp³-hybridized carbons (Fsp3) is 0.406. The zero-order chi connectivity index (χ0) is 37.1. The Hall–Kier alpha value is -5.43. The number of carboxylic acid groups (broad SMARTS) is 4. The van der Waals surface area contributed by atoms with Crippen molar-refractivity contribution < 1.29 is 54.0 Å². The summed E-state index contributed by atoms with van der Waals surface area (Å²) in [5, 5.41) is 39.2. The normalized spacial score (nSPS) is 11.6. The first-order valence-corrected chi connectivity index (χ1v) is 15.5. The number of aliphatic carboxylic acids is 4. The van der Waals surface area contributed by atoms with Gasteiger partial charge < -0.3 is 31.5 Å². The van der Waals surface area contributed by atoms with E-state index in [1.54, 1.807) is 24.3 Å². The monoisotopic (exact) mass is 701 g/mol. The van der Waals surface area contributed by atoms with Crippen LogP contribution in [-0.4, -0.2) is 142 Å². The molecule has 2 aromatic carbocycles. The first-order valence-electron chi connectivity index (χ1n) is 15.5. The van der Waals surface area contributed by atoms with Crippen LogP contribution in [0.3, 0.4) is 0 Å². The molecule has 50 heavy (non-hydrogen) atoms. The highest BCUT2D eigenvalue weighted by Gasteiger charge is 2.20. The number of benzene rings is 2. The number of nitrogens with two attached hydrogens (primary N) is 1. The summed E-state index contributed by atoms with van der Waals surface area (Å²) in [6.07, 6.45) is 0.256. The molecule has 0 fully saturated rings. The Kier molecular flexibility index (Phi) is 17.5. The lowest BCUT2D eigenvalue weighted by Crippen LogP contribution is -2.50. The van der Waals surface area contributed by atoms with Crippen molar-refractivity contribution in [3.05, 3.63) is 71.3 Å². The highest BCUT2D eigenvalue weighted by atomic mass is 16.4. The van der Waals surface area contributed by atoms with Crippen molar-refractivity contribution in [1.29, 1.82) is 0 Å². The van der Waals surface area contributed by atoms with Crippen LogP contribution in [0.15, 0.2) is 54.6 Å². The van der Waals surface area contributed by atoms with Gasteiger partial charge in [0.15, 0.2) is 0 Å². The van der Waals surface area contributed by atoms with Crippen molar-refractivity contribution in [2.45, 2.75) is 25.4 Å². The molecule has 9 N–H and O–H groups in total. The Labute approximate surface area is 287 Å². The second kappa shape index (κ2) is 21.5. The summed E-state index contributed by atoms with van der Waals surface area (Å²) >= 11 is 0. The summed E-state index contributed by atoms with van der Waals surface area (Å²) < 4.78 is 0. The van der Waals surface area contributed by atoms with E-state index >= 15 is 0 Å². The van der Waals surface area contributed by atoms with Crippen molar-refractivity contribution in [2.75, 3.05) is 58.9 Å². The van der Waals surface area contributed by atoms with Gasteiger partial charge in [0, 0.05) is 32.7 Å². The van der Waals surface area contributed by atoms with Crippen LogP contribution < -0.4 is 21.9 Å². The molecule has 2 rings (SSSR count). The van der Waals surface area contributed by atoms with E-state index in [9.17, 15) is 33.6 Å². The first kappa shape index (κ1) is 40.7. The number of rotatable bonds is 23. The minimum Gasteiger partial charge on any atom is -0.480 e. The van der Waals surface area contributed by atoms with Gasteiger partial charge in [0.1, 0.15) is 0 Å². The van der Waals surface area contributed by atoms with Crippen LogP contribution in [0.2, 0.25) is 0 Å². The van der Waals surface area contributed by atoms with Gasteiger partial charge in [0.05, 0.1) is 45.2 Å². The Morgan fingerprint density at radius 3 is 1.50 bits per heavy atom. The summed E-state index contributed by atoms with van der Waals surface area (Å²) in [4.78, 5) is 86.1. The molecule has 1 unspecified atom stereocenters. The largest absolute Gasteiger partial charge is 0.480 e. The topological polar surface area (TPSA) is 272 Å². The predicted octanol–water partition coefficient (Wildman–Crippen LogP) is -2.19. The summed E-state index contributed by atoms with van der Waals surface area (Å²) in [5.74, 6) is -6.46. The highest BCUT2D eigenvalue weighted by molar-refractivity contribution is 5.86. The van der Waals surface area contributed by atoms with Crippen LogP contribution >= 0.6 is 0 Å². The number of amides is 3. The van der Waals surface area contributed by atoms with E-state index in [1.165, 1.54) is 4.90 Å². The molecule has 2 aromatic rings. The lowest BCUT2D eigenvalue weighted by molar-refractivity contribution is -0.143. The van der Waals surface area contributed by atoms with Gasteiger partial charge in [-0.05, 0) is 23.1 Å². The van der Waals surface area contributed by atoms with Crippen LogP contribution in [0, 0.1) is 0 Å². The molecule has 0 saturated heterocycles. The van der Waals surface area contributed by atoms with E-state index in [0.29, 0.717) is 17.5 Å². The number of carbonyl (C=O) groups excluding carboxylic acids is 3. The van der Waals surface area contributed by atoms with Crippen molar-refractivity contribution in [3.8, 4) is 0 Å². The van der Waals surface area contributed by atoms with E-state index in [2.05, 4.69) is 16.2 Å². The van der Waals surface area contributed by atoms with Crippen LogP contribution in [0.25, 0.3) is 0 Å². The molecule has 0 spiro atoms. The van der Waals surface area contributed by atoms with Crippen LogP contribution in [0.1, 0.15) is 16.7 Å². The molecule has 1 atom stereocenters. The lowest BCUT2D eigenvalue weighted by atomic mass is 10.1. The summed E-state index contributed by atoms with van der Waals surface area (Å²) in [7, 11) is 0. The molecule has 0 aliphatic heterocycles. The zero-order valence-electron chi connectivity index (χ0n) is 27.3. The number of carboxylic acids is 4. The van der Waals surface area contributed by atoms with Crippen molar-refractivity contribution in [3.63, 3.8) is 0 Å². The molecule has 0 aliphatic rings. The highest BCUT2D eigenvalue weighted by Crippen LogP contribution is 2.06. The maximum atomic E-state index is 12.9. The van der Waals surface area contributed by atoms with E-state index in [1.807, 2.05) is 30.3 Å². The van der Waals surface area contributed by atoms with Gasteiger partial charge in [-0.3, -0.25) is 59.1 Å². The molecule has 0 aromatic heterocycles. The Morgan fingerprint density at radius 2 is 1.02 bits per heavy atom. The minimum absolute atomic E-state index is 0.0259. The number of hydrogen-bond acceptors (Lipinski definition) is 11. The molecule has 0 saturated carbocycles. The molecule has 18 heteroatoms. The van der Waals surface area contributed by atoms with Gasteiger partial charge in [0.2, 0.25) is 11.8 Å². The Balaban J connectivity index is 1.91.